The van der Waals surface area contributed by atoms with Crippen LogP contribution in [0.25, 0.3) is 0 Å². The van der Waals surface area contributed by atoms with Gasteiger partial charge in [-0.15, -0.1) is 0 Å². The number of rotatable bonds is 2. The van der Waals surface area contributed by atoms with Crippen LogP contribution in [0.4, 0.5) is 4.79 Å². The first-order valence-electron chi connectivity index (χ1n) is 2.54. The Kier molecular flexibility index (Phi) is 9.32. The molecule has 0 aromatic heterocycles. The summed E-state index contributed by atoms with van der Waals surface area (Å²) in [4.78, 5) is 18.8. The Morgan fingerprint density at radius 1 is 1.64 bits per heavy atom. The third kappa shape index (κ3) is 29.6. The largest absolute Gasteiger partial charge is 0.465 e. The zero-order valence-electron chi connectivity index (χ0n) is 5.78. The summed E-state index contributed by atoms with van der Waals surface area (Å²) in [6, 6.07) is 0. The summed E-state index contributed by atoms with van der Waals surface area (Å²) in [5.74, 6) is -0.359. The zero-order valence-corrected chi connectivity index (χ0v) is 5.78. The number of amides is 2. The standard InChI is InChI=1S/C4H7NO2.CH3NO2/c1-2-4(7)5-3-6;2-1(3)4/h2,6H,1,3H2,(H,5,7);2H2,(H,3,4). The van der Waals surface area contributed by atoms with Crippen molar-refractivity contribution in [3.63, 3.8) is 0 Å². The third-order valence-corrected chi connectivity index (χ3v) is 0.439. The highest BCUT2D eigenvalue weighted by molar-refractivity contribution is 5.86. The quantitative estimate of drug-likeness (QED) is 0.303. The van der Waals surface area contributed by atoms with E-state index in [0.717, 1.165) is 6.08 Å². The maximum Gasteiger partial charge on any atom is 0.402 e. The molecule has 6 nitrogen and oxygen atoms in total. The lowest BCUT2D eigenvalue weighted by Crippen LogP contribution is -2.20. The maximum atomic E-state index is 10.0. The van der Waals surface area contributed by atoms with Crippen molar-refractivity contribution in [3.8, 4) is 0 Å². The number of hydrogen-bond donors (Lipinski definition) is 4. The Labute approximate surface area is 63.3 Å². The summed E-state index contributed by atoms with van der Waals surface area (Å²) in [5, 5.41) is 17.3. The highest BCUT2D eigenvalue weighted by Crippen LogP contribution is 1.59. The van der Waals surface area contributed by atoms with Crippen LogP contribution in [-0.4, -0.2) is 28.9 Å². The average molecular weight is 162 g/mol. The van der Waals surface area contributed by atoms with Gasteiger partial charge in [0.15, 0.2) is 0 Å². The Hall–Kier alpha value is -1.56. The van der Waals surface area contributed by atoms with Crippen LogP contribution >= 0.6 is 0 Å². The minimum Gasteiger partial charge on any atom is -0.465 e. The highest BCUT2D eigenvalue weighted by atomic mass is 16.4. The molecule has 0 fully saturated rings. The van der Waals surface area contributed by atoms with E-state index in [9.17, 15) is 4.79 Å². The molecule has 0 saturated carbocycles. The van der Waals surface area contributed by atoms with E-state index in [2.05, 4.69) is 17.6 Å². The van der Waals surface area contributed by atoms with Crippen LogP contribution in [0, 0.1) is 0 Å². The van der Waals surface area contributed by atoms with E-state index in [1.54, 1.807) is 0 Å². The van der Waals surface area contributed by atoms with Crippen LogP contribution in [0.1, 0.15) is 0 Å². The lowest BCUT2D eigenvalue weighted by molar-refractivity contribution is -0.117. The minimum atomic E-state index is -1.33. The van der Waals surface area contributed by atoms with Gasteiger partial charge in [-0.2, -0.15) is 0 Å². The normalized spacial score (nSPS) is 7.00. The number of carbonyl (C=O) groups is 2. The molecular formula is C5H10N2O4. The van der Waals surface area contributed by atoms with Crippen molar-refractivity contribution in [2.75, 3.05) is 6.73 Å². The molecule has 0 spiro atoms. The first kappa shape index (κ1) is 12.1. The van der Waals surface area contributed by atoms with Crippen LogP contribution < -0.4 is 11.1 Å². The number of nitrogens with one attached hydrogen (secondary N) is 1. The van der Waals surface area contributed by atoms with Crippen molar-refractivity contribution in [2.45, 2.75) is 0 Å². The average Bonchev–Trinajstić information content (AvgIpc) is 1.87. The van der Waals surface area contributed by atoms with Gasteiger partial charge in [0, 0.05) is 0 Å². The summed E-state index contributed by atoms with van der Waals surface area (Å²) in [7, 11) is 0. The molecule has 11 heavy (non-hydrogen) atoms. The van der Waals surface area contributed by atoms with Crippen LogP contribution in [0.3, 0.4) is 0 Å². The van der Waals surface area contributed by atoms with Gasteiger partial charge in [0.05, 0.1) is 0 Å². The van der Waals surface area contributed by atoms with Gasteiger partial charge in [0.1, 0.15) is 6.73 Å². The van der Waals surface area contributed by atoms with E-state index in [0.29, 0.717) is 0 Å². The van der Waals surface area contributed by atoms with Crippen LogP contribution in [0.15, 0.2) is 12.7 Å². The number of carbonyl (C=O) groups excluding carboxylic acids is 1. The smallest absolute Gasteiger partial charge is 0.402 e. The van der Waals surface area contributed by atoms with Crippen molar-refractivity contribution >= 4 is 12.0 Å². The molecule has 0 rings (SSSR count). The summed E-state index contributed by atoms with van der Waals surface area (Å²) >= 11 is 0. The first-order valence-corrected chi connectivity index (χ1v) is 2.54. The van der Waals surface area contributed by atoms with Crippen molar-refractivity contribution < 1.29 is 19.8 Å². The van der Waals surface area contributed by atoms with Gasteiger partial charge in [0.25, 0.3) is 0 Å². The molecule has 0 heterocycles. The van der Waals surface area contributed by atoms with Gasteiger partial charge >= 0.3 is 6.09 Å². The molecule has 0 aromatic carbocycles. The van der Waals surface area contributed by atoms with E-state index in [1.165, 1.54) is 0 Å². The maximum absolute atomic E-state index is 10.0. The SMILES string of the molecule is C=CC(=O)NCO.NC(=O)O. The second-order valence-electron chi connectivity index (χ2n) is 1.24. The fourth-order valence-corrected chi connectivity index (χ4v) is 0.150. The van der Waals surface area contributed by atoms with Crippen molar-refractivity contribution in [1.29, 1.82) is 0 Å². The number of hydrogen-bond acceptors (Lipinski definition) is 3. The fraction of sp³-hybridized carbons (Fsp3) is 0.200. The molecule has 0 saturated heterocycles. The van der Waals surface area contributed by atoms with Crippen molar-refractivity contribution in [2.24, 2.45) is 5.73 Å². The van der Waals surface area contributed by atoms with Gasteiger partial charge in [0.2, 0.25) is 5.91 Å². The summed E-state index contributed by atoms with van der Waals surface area (Å²) in [5.41, 5.74) is 4.03. The molecule has 6 heteroatoms. The first-order chi connectivity index (χ1) is 5.04. The van der Waals surface area contributed by atoms with E-state index >= 15 is 0 Å². The fourth-order valence-electron chi connectivity index (χ4n) is 0.150. The number of aliphatic hydroxyl groups excluding tert-OH is 1. The monoisotopic (exact) mass is 162 g/mol. The zero-order chi connectivity index (χ0) is 9.28. The predicted octanol–water partition coefficient (Wildman–Crippen LogP) is -1.14. The van der Waals surface area contributed by atoms with Gasteiger partial charge in [-0.05, 0) is 6.08 Å². The van der Waals surface area contributed by atoms with Gasteiger partial charge < -0.3 is 21.3 Å². The molecule has 0 radical (unpaired) electrons. The lowest BCUT2D eigenvalue weighted by atomic mass is 10.6. The van der Waals surface area contributed by atoms with Crippen LogP contribution in [0.5, 0.6) is 0 Å². The van der Waals surface area contributed by atoms with Crippen molar-refractivity contribution in [3.05, 3.63) is 12.7 Å². The predicted molar refractivity (Wildman–Crippen MR) is 37.6 cm³/mol. The van der Waals surface area contributed by atoms with Gasteiger partial charge in [-0.25, -0.2) is 4.79 Å². The molecular weight excluding hydrogens is 152 g/mol. The van der Waals surface area contributed by atoms with Crippen LogP contribution in [0.2, 0.25) is 0 Å². The third-order valence-electron chi connectivity index (χ3n) is 0.439. The molecule has 0 bridgehead atoms. The Morgan fingerprint density at radius 2 is 2.00 bits per heavy atom. The molecule has 0 aliphatic heterocycles. The summed E-state index contributed by atoms with van der Waals surface area (Å²) in [6.45, 7) is 2.83. The molecule has 5 N–H and O–H groups in total. The number of primary amides is 1. The molecule has 0 unspecified atom stereocenters. The number of aliphatic hydroxyl groups is 1. The summed E-state index contributed by atoms with van der Waals surface area (Å²) in [6.07, 6.45) is -0.240. The Morgan fingerprint density at radius 3 is 2.09 bits per heavy atom. The second kappa shape index (κ2) is 8.44. The van der Waals surface area contributed by atoms with Gasteiger partial charge in [-0.1, -0.05) is 6.58 Å². The number of carboxylic acid groups (broad SMARTS) is 1. The highest BCUT2D eigenvalue weighted by Gasteiger charge is 1.84. The summed E-state index contributed by atoms with van der Waals surface area (Å²) < 4.78 is 0. The van der Waals surface area contributed by atoms with Gasteiger partial charge in [-0.3, -0.25) is 4.79 Å². The molecule has 0 atom stereocenters. The molecule has 0 aliphatic rings. The minimum absolute atomic E-state index is 0.329. The topological polar surface area (TPSA) is 113 Å². The Bertz CT molecular complexity index is 141. The number of nitrogens with two attached hydrogens (primary N) is 1. The molecule has 2 amide bonds. The van der Waals surface area contributed by atoms with E-state index in [4.69, 9.17) is 15.0 Å². The molecule has 64 valence electrons. The lowest BCUT2D eigenvalue weighted by Gasteiger charge is -1.89. The molecule has 0 aliphatic carbocycles. The van der Waals surface area contributed by atoms with E-state index < -0.39 is 6.09 Å². The van der Waals surface area contributed by atoms with E-state index in [-0.39, 0.29) is 12.6 Å². The molecule has 0 aromatic rings. The van der Waals surface area contributed by atoms with Crippen molar-refractivity contribution in [1.82, 2.24) is 5.32 Å². The Balaban J connectivity index is 0. The van der Waals surface area contributed by atoms with E-state index in [1.807, 2.05) is 0 Å². The second-order valence-corrected chi connectivity index (χ2v) is 1.24. The van der Waals surface area contributed by atoms with Crippen LogP contribution in [-0.2, 0) is 4.79 Å².